The van der Waals surface area contributed by atoms with Crippen molar-refractivity contribution in [2.75, 3.05) is 35.4 Å². The van der Waals surface area contributed by atoms with E-state index in [0.29, 0.717) is 35.7 Å². The normalized spacial score (nSPS) is 10.5. The lowest BCUT2D eigenvalue weighted by atomic mass is 10.2. The largest absolute Gasteiger partial charge is 0.497 e. The van der Waals surface area contributed by atoms with Gasteiger partial charge in [0.15, 0.2) is 0 Å². The molecule has 37 heavy (non-hydrogen) atoms. The summed E-state index contributed by atoms with van der Waals surface area (Å²) >= 11 is 0. The second kappa shape index (κ2) is 11.8. The molecule has 9 heteroatoms. The van der Waals surface area contributed by atoms with Gasteiger partial charge in [0.2, 0.25) is 18.3 Å². The van der Waals surface area contributed by atoms with Crippen molar-refractivity contribution in [1.82, 2.24) is 9.97 Å². The van der Waals surface area contributed by atoms with Crippen LogP contribution in [0.15, 0.2) is 91.1 Å². The summed E-state index contributed by atoms with van der Waals surface area (Å²) in [5.41, 5.74) is 8.55. The predicted octanol–water partition coefficient (Wildman–Crippen LogP) is 4.04. The molecule has 2 amide bonds. The van der Waals surface area contributed by atoms with E-state index < -0.39 is 0 Å². The smallest absolute Gasteiger partial charge is 0.247 e. The van der Waals surface area contributed by atoms with Gasteiger partial charge in [-0.25, -0.2) is 9.88 Å². The van der Waals surface area contributed by atoms with Crippen LogP contribution in [-0.2, 0) is 16.1 Å². The Labute approximate surface area is 215 Å². The predicted molar refractivity (Wildman–Crippen MR) is 144 cm³/mol. The molecule has 0 saturated heterocycles. The molecule has 4 aromatic rings. The molecular weight excluding hydrogens is 468 g/mol. The molecule has 9 nitrogen and oxygen atoms in total. The summed E-state index contributed by atoms with van der Waals surface area (Å²) in [5, 5.41) is 0. The van der Waals surface area contributed by atoms with Gasteiger partial charge in [0.1, 0.15) is 11.6 Å². The number of methoxy groups -OCH3 is 1. The molecule has 0 bridgehead atoms. The number of hydrogen-bond donors (Lipinski definition) is 1. The number of hydrogen-bond acceptors (Lipinski definition) is 7. The van der Waals surface area contributed by atoms with Gasteiger partial charge in [-0.3, -0.25) is 14.5 Å². The Kier molecular flexibility index (Phi) is 8.07. The molecule has 4 rings (SSSR count). The number of aromatic nitrogens is 2. The van der Waals surface area contributed by atoms with Crippen LogP contribution < -0.4 is 25.2 Å². The molecule has 1 heterocycles. The maximum absolute atomic E-state index is 12.9. The lowest BCUT2D eigenvalue weighted by Gasteiger charge is -2.26. The molecule has 0 saturated carbocycles. The summed E-state index contributed by atoms with van der Waals surface area (Å²) in [4.78, 5) is 39.3. The summed E-state index contributed by atoms with van der Waals surface area (Å²) in [5.74, 6) is 0.859. The van der Waals surface area contributed by atoms with Crippen LogP contribution in [0, 0.1) is 0 Å². The Balaban J connectivity index is 1.80. The Morgan fingerprint density at radius 3 is 2.11 bits per heavy atom. The maximum Gasteiger partial charge on any atom is 0.247 e. The van der Waals surface area contributed by atoms with Gasteiger partial charge < -0.3 is 15.4 Å². The molecule has 0 atom stereocenters. The number of nitrogens with zero attached hydrogens (tertiary/aromatic N) is 5. The minimum Gasteiger partial charge on any atom is -0.497 e. The van der Waals surface area contributed by atoms with Gasteiger partial charge in [0.05, 0.1) is 25.0 Å². The van der Waals surface area contributed by atoms with Crippen LogP contribution in [0.3, 0.4) is 0 Å². The van der Waals surface area contributed by atoms with Crippen molar-refractivity contribution >= 4 is 41.1 Å². The summed E-state index contributed by atoms with van der Waals surface area (Å²) in [6.45, 7) is 0.168. The van der Waals surface area contributed by atoms with Crippen LogP contribution in [0.25, 0.3) is 0 Å². The molecule has 1 aromatic heterocycles. The number of para-hydroxylation sites is 2. The molecule has 0 spiro atoms. The third-order valence-corrected chi connectivity index (χ3v) is 5.76. The second-order valence-electron chi connectivity index (χ2n) is 8.15. The molecule has 188 valence electrons. The van der Waals surface area contributed by atoms with Crippen molar-refractivity contribution in [3.63, 3.8) is 0 Å². The van der Waals surface area contributed by atoms with Crippen LogP contribution in [0.2, 0.25) is 0 Å². The fourth-order valence-corrected chi connectivity index (χ4v) is 3.86. The van der Waals surface area contributed by atoms with E-state index in [2.05, 4.69) is 4.98 Å². The molecule has 0 fully saturated rings. The molecule has 3 aromatic carbocycles. The highest BCUT2D eigenvalue weighted by Crippen LogP contribution is 2.31. The van der Waals surface area contributed by atoms with Crippen LogP contribution in [-0.4, -0.2) is 43.0 Å². The van der Waals surface area contributed by atoms with Gasteiger partial charge in [-0.15, -0.1) is 0 Å². The fraction of sp³-hybridized carbons (Fsp3) is 0.143. The molecule has 0 aliphatic carbocycles. The third kappa shape index (κ3) is 5.74. The topological polar surface area (TPSA) is 105 Å². The van der Waals surface area contributed by atoms with E-state index in [1.165, 1.54) is 9.80 Å². The number of ether oxygens (including phenoxy) is 1. The van der Waals surface area contributed by atoms with Crippen LogP contribution in [0.4, 0.5) is 28.8 Å². The van der Waals surface area contributed by atoms with E-state index >= 15 is 0 Å². The van der Waals surface area contributed by atoms with Crippen molar-refractivity contribution in [1.29, 1.82) is 0 Å². The Morgan fingerprint density at radius 1 is 0.919 bits per heavy atom. The molecule has 0 radical (unpaired) electrons. The maximum atomic E-state index is 12.9. The van der Waals surface area contributed by atoms with E-state index in [1.807, 2.05) is 84.7 Å². The number of rotatable bonds is 10. The van der Waals surface area contributed by atoms with E-state index in [4.69, 9.17) is 15.5 Å². The summed E-state index contributed by atoms with van der Waals surface area (Å²) in [6, 6.07) is 25.8. The minimum atomic E-state index is -0.377. The van der Waals surface area contributed by atoms with Crippen molar-refractivity contribution in [2.24, 2.45) is 5.73 Å². The fourth-order valence-electron chi connectivity index (χ4n) is 3.86. The van der Waals surface area contributed by atoms with Gasteiger partial charge in [0, 0.05) is 31.0 Å². The Bertz CT molecular complexity index is 1330. The average Bonchev–Trinajstić information content (AvgIpc) is 2.95. The van der Waals surface area contributed by atoms with Gasteiger partial charge in [-0.1, -0.05) is 36.4 Å². The first kappa shape index (κ1) is 25.3. The first-order chi connectivity index (χ1) is 18.0. The second-order valence-corrected chi connectivity index (χ2v) is 8.15. The molecule has 2 N–H and O–H groups in total. The van der Waals surface area contributed by atoms with E-state index in [1.54, 1.807) is 25.4 Å². The highest BCUT2D eigenvalue weighted by molar-refractivity contribution is 6.00. The third-order valence-electron chi connectivity index (χ3n) is 5.76. The van der Waals surface area contributed by atoms with Crippen molar-refractivity contribution < 1.29 is 14.3 Å². The average molecular weight is 497 g/mol. The van der Waals surface area contributed by atoms with Crippen LogP contribution in [0.5, 0.6) is 5.75 Å². The quantitative estimate of drug-likeness (QED) is 0.330. The Morgan fingerprint density at radius 2 is 1.54 bits per heavy atom. The van der Waals surface area contributed by atoms with Crippen LogP contribution >= 0.6 is 0 Å². The number of carbonyl (C=O) groups is 2. The standard InChI is InChI=1S/C28H28N6O3/c1-32(22-13-15-25(37-2)16-14-22)19-21-18-30-28(34(26(36)17-29)24-11-7-4-8-12-24)31-27(21)33(20-35)23-9-5-3-6-10-23/h3-16,18,20H,17,19,29H2,1-2H3. The zero-order chi connectivity index (χ0) is 26.2. The lowest BCUT2D eigenvalue weighted by Crippen LogP contribution is -2.34. The zero-order valence-corrected chi connectivity index (χ0v) is 20.7. The first-order valence-electron chi connectivity index (χ1n) is 11.6. The summed E-state index contributed by atoms with van der Waals surface area (Å²) < 4.78 is 5.26. The molecule has 0 aliphatic heterocycles. The van der Waals surface area contributed by atoms with Gasteiger partial charge in [-0.2, -0.15) is 4.98 Å². The lowest BCUT2D eigenvalue weighted by molar-refractivity contribution is -0.116. The number of benzene rings is 3. The number of carbonyl (C=O) groups excluding carboxylic acids is 2. The van der Waals surface area contributed by atoms with E-state index in [0.717, 1.165) is 11.4 Å². The van der Waals surface area contributed by atoms with Crippen molar-refractivity contribution in [3.05, 3.63) is 96.7 Å². The van der Waals surface area contributed by atoms with Crippen molar-refractivity contribution in [3.8, 4) is 5.75 Å². The molecular formula is C28H28N6O3. The van der Waals surface area contributed by atoms with Gasteiger partial charge >= 0.3 is 0 Å². The Hall–Kier alpha value is -4.76. The number of nitrogens with two attached hydrogens (primary N) is 1. The van der Waals surface area contributed by atoms with Crippen LogP contribution in [0.1, 0.15) is 5.56 Å². The molecule has 0 aliphatic rings. The number of anilines is 5. The summed E-state index contributed by atoms with van der Waals surface area (Å²) in [7, 11) is 3.55. The van der Waals surface area contributed by atoms with E-state index in [9.17, 15) is 9.59 Å². The highest BCUT2D eigenvalue weighted by Gasteiger charge is 2.24. The van der Waals surface area contributed by atoms with Gasteiger partial charge in [-0.05, 0) is 48.5 Å². The highest BCUT2D eigenvalue weighted by atomic mass is 16.5. The first-order valence-corrected chi connectivity index (χ1v) is 11.6. The molecule has 0 unspecified atom stereocenters. The van der Waals surface area contributed by atoms with Crippen molar-refractivity contribution in [2.45, 2.75) is 6.54 Å². The monoisotopic (exact) mass is 496 g/mol. The number of amides is 2. The van der Waals surface area contributed by atoms with E-state index in [-0.39, 0.29) is 18.4 Å². The SMILES string of the molecule is COc1ccc(N(C)Cc2cnc(N(C(=O)CN)c3ccccc3)nc2N(C=O)c2ccccc2)cc1. The summed E-state index contributed by atoms with van der Waals surface area (Å²) in [6.07, 6.45) is 2.34. The minimum absolute atomic E-state index is 0.121. The zero-order valence-electron chi connectivity index (χ0n) is 20.7. The van der Waals surface area contributed by atoms with Gasteiger partial charge in [0.25, 0.3) is 0 Å².